The molecule has 1 atom stereocenters. The molecule has 0 amide bonds. The maximum Gasteiger partial charge on any atom is 0.0448 e. The molecule has 5 nitrogen and oxygen atoms in total. The monoisotopic (exact) mass is 353 g/mol. The minimum atomic E-state index is -0.996. The summed E-state index contributed by atoms with van der Waals surface area (Å²) in [7, 11) is 2.12. The minimum Gasteiger partial charge on any atom is -0.550 e. The standard InChI is InChI=1S/C20H37NO4/c1-19(2)13-15(14-20(3,4)21(19)5)16(18(24)25)11-9-7-6-8-10-12-17(22)23/h15-16H,6-14H2,1-5H3,(H,22,23)(H,24,25)/p-2. The predicted molar refractivity (Wildman–Crippen MR) is 94.5 cm³/mol. The zero-order valence-corrected chi connectivity index (χ0v) is 16.6. The number of piperidine rings is 1. The SMILES string of the molecule is CN1C(C)(C)CC(C(CCCCCCCC(=O)[O-])C(=O)[O-])CC1(C)C. The Morgan fingerprint density at radius 2 is 1.44 bits per heavy atom. The van der Waals surface area contributed by atoms with Crippen molar-refractivity contribution >= 4 is 11.9 Å². The molecule has 0 bridgehead atoms. The summed E-state index contributed by atoms with van der Waals surface area (Å²) >= 11 is 0. The van der Waals surface area contributed by atoms with Gasteiger partial charge in [0.2, 0.25) is 0 Å². The van der Waals surface area contributed by atoms with Crippen molar-refractivity contribution in [1.29, 1.82) is 0 Å². The molecule has 0 spiro atoms. The highest BCUT2D eigenvalue weighted by atomic mass is 16.4. The van der Waals surface area contributed by atoms with Crippen LogP contribution in [-0.4, -0.2) is 35.0 Å². The third-order valence-corrected chi connectivity index (χ3v) is 6.11. The third kappa shape index (κ3) is 6.61. The maximum absolute atomic E-state index is 11.7. The number of unbranched alkanes of at least 4 members (excludes halogenated alkanes) is 4. The van der Waals surface area contributed by atoms with Gasteiger partial charge in [-0.05, 0) is 72.8 Å². The molecule has 25 heavy (non-hydrogen) atoms. The highest BCUT2D eigenvalue weighted by Gasteiger charge is 2.45. The molecule has 1 aliphatic rings. The first kappa shape index (κ1) is 21.9. The Balaban J connectivity index is 2.51. The lowest BCUT2D eigenvalue weighted by Gasteiger charge is -2.55. The molecule has 1 heterocycles. The van der Waals surface area contributed by atoms with Crippen LogP contribution in [0.15, 0.2) is 0 Å². The van der Waals surface area contributed by atoms with E-state index in [0.29, 0.717) is 12.8 Å². The second-order valence-electron chi connectivity index (χ2n) is 8.96. The number of hydrogen-bond donors (Lipinski definition) is 0. The number of carboxylic acids is 2. The molecule has 1 unspecified atom stereocenters. The van der Waals surface area contributed by atoms with Gasteiger partial charge < -0.3 is 19.8 Å². The van der Waals surface area contributed by atoms with Crippen LogP contribution >= 0.6 is 0 Å². The Kier molecular flexibility index (Phi) is 7.91. The first-order chi connectivity index (χ1) is 11.5. The second-order valence-corrected chi connectivity index (χ2v) is 8.96. The Hall–Kier alpha value is -1.10. The van der Waals surface area contributed by atoms with Gasteiger partial charge in [-0.3, -0.25) is 4.90 Å². The second kappa shape index (κ2) is 9.02. The molecule has 0 aromatic rings. The zero-order chi connectivity index (χ0) is 19.3. The van der Waals surface area contributed by atoms with Crippen LogP contribution in [-0.2, 0) is 9.59 Å². The summed E-state index contributed by atoms with van der Waals surface area (Å²) in [6.07, 6.45) is 6.76. The first-order valence-electron chi connectivity index (χ1n) is 9.62. The summed E-state index contributed by atoms with van der Waals surface area (Å²) in [5.41, 5.74) is -0.0457. The molecule has 0 radical (unpaired) electrons. The zero-order valence-electron chi connectivity index (χ0n) is 16.6. The van der Waals surface area contributed by atoms with E-state index in [1.807, 2.05) is 0 Å². The molecule has 0 aliphatic carbocycles. The Morgan fingerprint density at radius 3 is 1.92 bits per heavy atom. The maximum atomic E-state index is 11.7. The minimum absolute atomic E-state index is 0.0228. The third-order valence-electron chi connectivity index (χ3n) is 6.11. The van der Waals surface area contributed by atoms with E-state index >= 15 is 0 Å². The van der Waals surface area contributed by atoms with Crippen molar-refractivity contribution in [3.8, 4) is 0 Å². The fraction of sp³-hybridized carbons (Fsp3) is 0.900. The number of likely N-dealkylation sites (tertiary alicyclic amines) is 1. The average molecular weight is 354 g/mol. The number of carbonyl (C=O) groups excluding carboxylic acids is 2. The number of rotatable bonds is 10. The Morgan fingerprint density at radius 1 is 0.960 bits per heavy atom. The number of nitrogens with zero attached hydrogens (tertiary/aromatic N) is 1. The molecule has 0 aromatic carbocycles. The van der Waals surface area contributed by atoms with Gasteiger partial charge in [-0.2, -0.15) is 0 Å². The topological polar surface area (TPSA) is 83.5 Å². The van der Waals surface area contributed by atoms with E-state index in [1.54, 1.807) is 0 Å². The number of aliphatic carboxylic acids is 2. The molecular weight excluding hydrogens is 318 g/mol. The van der Waals surface area contributed by atoms with E-state index in [9.17, 15) is 19.8 Å². The van der Waals surface area contributed by atoms with Crippen LogP contribution in [0.3, 0.4) is 0 Å². The van der Waals surface area contributed by atoms with Crippen molar-refractivity contribution in [2.75, 3.05) is 7.05 Å². The van der Waals surface area contributed by atoms with Crippen LogP contribution in [0.25, 0.3) is 0 Å². The Labute approximate surface area is 152 Å². The summed E-state index contributed by atoms with van der Waals surface area (Å²) in [5, 5.41) is 22.1. The molecule has 1 fully saturated rings. The van der Waals surface area contributed by atoms with Gasteiger partial charge in [-0.15, -0.1) is 0 Å². The molecule has 1 rings (SSSR count). The molecule has 146 valence electrons. The van der Waals surface area contributed by atoms with Crippen LogP contribution in [0.5, 0.6) is 0 Å². The fourth-order valence-electron chi connectivity index (χ4n) is 4.44. The predicted octanol–water partition coefficient (Wildman–Crippen LogP) is 1.73. The van der Waals surface area contributed by atoms with E-state index in [1.165, 1.54) is 0 Å². The first-order valence-corrected chi connectivity index (χ1v) is 9.62. The van der Waals surface area contributed by atoms with Crippen molar-refractivity contribution in [2.24, 2.45) is 11.8 Å². The normalized spacial score (nSPS) is 21.8. The summed E-state index contributed by atoms with van der Waals surface area (Å²) in [5.74, 6) is -2.16. The smallest absolute Gasteiger partial charge is 0.0448 e. The van der Waals surface area contributed by atoms with E-state index in [-0.39, 0.29) is 23.4 Å². The fourth-order valence-corrected chi connectivity index (χ4v) is 4.44. The van der Waals surface area contributed by atoms with Gasteiger partial charge in [0.25, 0.3) is 0 Å². The average Bonchev–Trinajstić information content (AvgIpc) is 2.46. The van der Waals surface area contributed by atoms with Gasteiger partial charge in [-0.25, -0.2) is 0 Å². The summed E-state index contributed by atoms with van der Waals surface area (Å²) in [6.45, 7) is 8.74. The summed E-state index contributed by atoms with van der Waals surface area (Å²) < 4.78 is 0. The van der Waals surface area contributed by atoms with E-state index in [2.05, 4.69) is 39.6 Å². The largest absolute Gasteiger partial charge is 0.550 e. The van der Waals surface area contributed by atoms with Crippen molar-refractivity contribution in [3.63, 3.8) is 0 Å². The van der Waals surface area contributed by atoms with Crippen molar-refractivity contribution in [3.05, 3.63) is 0 Å². The lowest BCUT2D eigenvalue weighted by atomic mass is 9.68. The van der Waals surface area contributed by atoms with E-state index in [4.69, 9.17) is 0 Å². The van der Waals surface area contributed by atoms with Crippen molar-refractivity contribution in [2.45, 2.75) is 96.6 Å². The van der Waals surface area contributed by atoms with E-state index in [0.717, 1.165) is 38.5 Å². The van der Waals surface area contributed by atoms with Crippen LogP contribution in [0, 0.1) is 11.8 Å². The molecular formula is C20H35NO4-2. The lowest BCUT2D eigenvalue weighted by Crippen LogP contribution is -2.60. The molecule has 1 aliphatic heterocycles. The van der Waals surface area contributed by atoms with Crippen LogP contribution < -0.4 is 10.2 Å². The number of hydrogen-bond acceptors (Lipinski definition) is 5. The molecule has 5 heteroatoms. The van der Waals surface area contributed by atoms with Crippen LogP contribution in [0.2, 0.25) is 0 Å². The van der Waals surface area contributed by atoms with Gasteiger partial charge in [0.15, 0.2) is 0 Å². The van der Waals surface area contributed by atoms with Gasteiger partial charge in [-0.1, -0.05) is 25.7 Å². The van der Waals surface area contributed by atoms with Crippen molar-refractivity contribution < 1.29 is 19.8 Å². The van der Waals surface area contributed by atoms with Gasteiger partial charge in [0.1, 0.15) is 0 Å². The molecule has 0 aromatic heterocycles. The van der Waals surface area contributed by atoms with Crippen LogP contribution in [0.4, 0.5) is 0 Å². The van der Waals surface area contributed by atoms with Gasteiger partial charge in [0, 0.05) is 28.9 Å². The molecule has 1 saturated heterocycles. The van der Waals surface area contributed by atoms with Gasteiger partial charge >= 0.3 is 0 Å². The highest BCUT2D eigenvalue weighted by molar-refractivity contribution is 5.68. The van der Waals surface area contributed by atoms with Crippen molar-refractivity contribution in [1.82, 2.24) is 4.90 Å². The van der Waals surface area contributed by atoms with Crippen LogP contribution in [0.1, 0.15) is 85.5 Å². The molecule has 0 N–H and O–H groups in total. The van der Waals surface area contributed by atoms with Gasteiger partial charge in [0.05, 0.1) is 0 Å². The number of carboxylic acid groups (broad SMARTS) is 2. The summed E-state index contributed by atoms with van der Waals surface area (Å²) in [6, 6.07) is 0. The highest BCUT2D eigenvalue weighted by Crippen LogP contribution is 2.43. The number of carbonyl (C=O) groups is 2. The van der Waals surface area contributed by atoms with E-state index < -0.39 is 17.9 Å². The molecule has 0 saturated carbocycles. The lowest BCUT2D eigenvalue weighted by molar-refractivity contribution is -0.315. The quantitative estimate of drug-likeness (QED) is 0.559. The summed E-state index contributed by atoms with van der Waals surface area (Å²) in [4.78, 5) is 24.5. The Bertz CT molecular complexity index is 441.